The maximum Gasteiger partial charge on any atom is 0.340 e. The average molecular weight is 443 g/mol. The van der Waals surface area contributed by atoms with E-state index in [1.165, 1.54) is 25.7 Å². The van der Waals surface area contributed by atoms with Crippen LogP contribution in [0.4, 0.5) is 0 Å². The largest absolute Gasteiger partial charge is 0.462 e. The van der Waals surface area contributed by atoms with Crippen LogP contribution < -0.4 is 0 Å². The summed E-state index contributed by atoms with van der Waals surface area (Å²) in [7, 11) is 0. The number of carbonyl (C=O) groups is 1. The highest BCUT2D eigenvalue weighted by Gasteiger charge is 2.33. The Bertz CT molecular complexity index is 642. The van der Waals surface area contributed by atoms with Crippen LogP contribution in [-0.2, 0) is 15.6 Å². The Morgan fingerprint density at radius 1 is 0.750 bits per heavy atom. The van der Waals surface area contributed by atoms with Crippen molar-refractivity contribution in [3.63, 3.8) is 0 Å². The molecule has 0 atom stereocenters. The first-order valence-corrected chi connectivity index (χ1v) is 11.7. The molecule has 0 bridgehead atoms. The van der Waals surface area contributed by atoms with Gasteiger partial charge in [-0.15, -0.1) is 37.9 Å². The van der Waals surface area contributed by atoms with E-state index in [1.54, 1.807) is 0 Å². The fraction of sp³-hybridized carbons (Fsp3) is 0.696. The number of hydrogen-bond donors (Lipinski definition) is 3. The summed E-state index contributed by atoms with van der Waals surface area (Å²) in [5.74, 6) is -0.340. The van der Waals surface area contributed by atoms with E-state index in [-0.39, 0.29) is 16.8 Å². The van der Waals surface area contributed by atoms with Crippen molar-refractivity contribution in [3.05, 3.63) is 16.7 Å². The van der Waals surface area contributed by atoms with E-state index in [2.05, 4.69) is 48.5 Å². The van der Waals surface area contributed by atoms with Gasteiger partial charge in [-0.05, 0) is 28.4 Å². The minimum absolute atomic E-state index is 0.204. The van der Waals surface area contributed by atoms with Crippen LogP contribution >= 0.6 is 37.9 Å². The lowest BCUT2D eigenvalue weighted by Crippen LogP contribution is -2.23. The molecule has 1 rings (SSSR count). The van der Waals surface area contributed by atoms with Crippen molar-refractivity contribution in [1.82, 2.24) is 0 Å². The molecule has 160 valence electrons. The van der Waals surface area contributed by atoms with Gasteiger partial charge in [0, 0.05) is 14.7 Å². The lowest BCUT2D eigenvalue weighted by molar-refractivity contribution is 0.0488. The van der Waals surface area contributed by atoms with Gasteiger partial charge in [0.2, 0.25) is 0 Å². The van der Waals surface area contributed by atoms with Crippen molar-refractivity contribution in [1.29, 1.82) is 0 Å². The number of rotatable bonds is 8. The standard InChI is InChI=1S/C23H38O2S3/c1-8-9-10-11-12-13-14-25-21(24)15-18(26)16(22(2,3)4)20(28)17(19(15)27)23(5,6)7/h26-28H,8-14H2,1-7H3. The second-order valence-corrected chi connectivity index (χ2v) is 10.9. The van der Waals surface area contributed by atoms with E-state index >= 15 is 0 Å². The molecule has 0 aliphatic carbocycles. The van der Waals surface area contributed by atoms with Gasteiger partial charge in [-0.3, -0.25) is 0 Å². The van der Waals surface area contributed by atoms with E-state index in [1.807, 2.05) is 0 Å². The molecular weight excluding hydrogens is 404 g/mol. The van der Waals surface area contributed by atoms with Crippen molar-refractivity contribution < 1.29 is 9.53 Å². The highest BCUT2D eigenvalue weighted by atomic mass is 32.1. The topological polar surface area (TPSA) is 26.3 Å². The van der Waals surface area contributed by atoms with Gasteiger partial charge in [0.25, 0.3) is 0 Å². The zero-order valence-corrected chi connectivity index (χ0v) is 21.3. The van der Waals surface area contributed by atoms with Gasteiger partial charge in [0.1, 0.15) is 0 Å². The Morgan fingerprint density at radius 2 is 1.18 bits per heavy atom. The highest BCUT2D eigenvalue weighted by molar-refractivity contribution is 7.82. The van der Waals surface area contributed by atoms with Crippen LogP contribution in [0.5, 0.6) is 0 Å². The molecule has 0 amide bonds. The van der Waals surface area contributed by atoms with Crippen LogP contribution in [0.15, 0.2) is 14.7 Å². The maximum atomic E-state index is 12.9. The van der Waals surface area contributed by atoms with Crippen LogP contribution in [0.3, 0.4) is 0 Å². The lowest BCUT2D eigenvalue weighted by atomic mass is 9.79. The number of carbonyl (C=O) groups excluding carboxylic acids is 1. The van der Waals surface area contributed by atoms with Gasteiger partial charge in [0.05, 0.1) is 12.2 Å². The summed E-state index contributed by atoms with van der Waals surface area (Å²) < 4.78 is 5.61. The van der Waals surface area contributed by atoms with E-state index in [9.17, 15) is 4.79 Å². The molecule has 1 aromatic carbocycles. The van der Waals surface area contributed by atoms with Gasteiger partial charge in [-0.2, -0.15) is 0 Å². The molecule has 0 spiro atoms. The summed E-state index contributed by atoms with van der Waals surface area (Å²) in [6.45, 7) is 15.3. The molecule has 0 saturated heterocycles. The van der Waals surface area contributed by atoms with Crippen molar-refractivity contribution in [3.8, 4) is 0 Å². The Balaban J connectivity index is 3.16. The first-order valence-electron chi connectivity index (χ1n) is 10.3. The van der Waals surface area contributed by atoms with Gasteiger partial charge in [0.15, 0.2) is 0 Å². The Kier molecular flexibility index (Phi) is 9.83. The van der Waals surface area contributed by atoms with E-state index in [0.717, 1.165) is 28.9 Å². The summed E-state index contributed by atoms with van der Waals surface area (Å²) in [6.07, 6.45) is 6.93. The Labute approximate surface area is 188 Å². The van der Waals surface area contributed by atoms with Crippen LogP contribution in [-0.4, -0.2) is 12.6 Å². The summed E-state index contributed by atoms with van der Waals surface area (Å²) in [6, 6.07) is 0. The minimum Gasteiger partial charge on any atom is -0.462 e. The first kappa shape index (κ1) is 25.8. The van der Waals surface area contributed by atoms with Crippen LogP contribution in [0, 0.1) is 0 Å². The van der Waals surface area contributed by atoms with Gasteiger partial charge >= 0.3 is 5.97 Å². The molecule has 0 fully saturated rings. The molecule has 0 aliphatic rings. The maximum absolute atomic E-state index is 12.9. The van der Waals surface area contributed by atoms with Gasteiger partial charge < -0.3 is 4.74 Å². The molecule has 1 aromatic rings. The Hall–Kier alpha value is -0.260. The first-order chi connectivity index (χ1) is 12.8. The van der Waals surface area contributed by atoms with Crippen LogP contribution in [0.2, 0.25) is 0 Å². The number of unbranched alkanes of at least 4 members (excludes halogenated alkanes) is 5. The molecule has 0 heterocycles. The quantitative estimate of drug-likeness (QED) is 0.219. The molecule has 0 unspecified atom stereocenters. The predicted octanol–water partition coefficient (Wildman–Crippen LogP) is 7.67. The molecule has 5 heteroatoms. The molecule has 0 radical (unpaired) electrons. The second kappa shape index (κ2) is 10.7. The van der Waals surface area contributed by atoms with E-state index in [0.29, 0.717) is 22.0 Å². The van der Waals surface area contributed by atoms with Crippen LogP contribution in [0.25, 0.3) is 0 Å². The summed E-state index contributed by atoms with van der Waals surface area (Å²) in [4.78, 5) is 15.1. The van der Waals surface area contributed by atoms with Crippen molar-refractivity contribution in [2.75, 3.05) is 6.61 Å². The Morgan fingerprint density at radius 3 is 1.61 bits per heavy atom. The lowest BCUT2D eigenvalue weighted by Gasteiger charge is -2.32. The highest BCUT2D eigenvalue weighted by Crippen LogP contribution is 2.45. The smallest absolute Gasteiger partial charge is 0.340 e. The summed E-state index contributed by atoms with van der Waals surface area (Å²) in [5, 5.41) is 0. The minimum atomic E-state index is -0.340. The number of benzene rings is 1. The van der Waals surface area contributed by atoms with Crippen LogP contribution in [0.1, 0.15) is 108 Å². The fourth-order valence-corrected chi connectivity index (χ4v) is 5.90. The normalized spacial score (nSPS) is 12.4. The molecule has 0 aliphatic heterocycles. The molecule has 0 saturated carbocycles. The number of hydrogen-bond acceptors (Lipinski definition) is 5. The van der Waals surface area contributed by atoms with Crippen molar-refractivity contribution >= 4 is 43.9 Å². The average Bonchev–Trinajstić information content (AvgIpc) is 2.50. The fourth-order valence-electron chi connectivity index (χ4n) is 3.45. The molecule has 28 heavy (non-hydrogen) atoms. The van der Waals surface area contributed by atoms with Crippen molar-refractivity contribution in [2.24, 2.45) is 0 Å². The molecule has 2 nitrogen and oxygen atoms in total. The SMILES string of the molecule is CCCCCCCCOC(=O)c1c(S)c(C(C)(C)C)c(S)c(C(C)(C)C)c1S. The summed E-state index contributed by atoms with van der Waals surface area (Å²) in [5.41, 5.74) is 1.99. The van der Waals surface area contributed by atoms with Crippen molar-refractivity contribution in [2.45, 2.75) is 113 Å². The second-order valence-electron chi connectivity index (χ2n) is 9.57. The number of thiol groups is 3. The van der Waals surface area contributed by atoms with E-state index < -0.39 is 0 Å². The monoisotopic (exact) mass is 442 g/mol. The zero-order valence-electron chi connectivity index (χ0n) is 18.6. The number of esters is 1. The molecule has 0 aromatic heterocycles. The third-order valence-electron chi connectivity index (χ3n) is 4.86. The zero-order chi connectivity index (χ0) is 21.7. The predicted molar refractivity (Wildman–Crippen MR) is 129 cm³/mol. The number of ether oxygens (including phenoxy) is 1. The molecule has 0 N–H and O–H groups in total. The summed E-state index contributed by atoms with van der Waals surface area (Å²) >= 11 is 14.3. The third kappa shape index (κ3) is 6.63. The van der Waals surface area contributed by atoms with Gasteiger partial charge in [-0.1, -0.05) is 80.6 Å². The molecular formula is C23H38O2S3. The van der Waals surface area contributed by atoms with Gasteiger partial charge in [-0.25, -0.2) is 4.79 Å². The van der Waals surface area contributed by atoms with E-state index in [4.69, 9.17) is 42.6 Å². The third-order valence-corrected chi connectivity index (χ3v) is 6.20.